The Balaban J connectivity index is 1.32. The van der Waals surface area contributed by atoms with E-state index in [2.05, 4.69) is 15.6 Å². The van der Waals surface area contributed by atoms with E-state index in [1.807, 2.05) is 42.6 Å². The second-order valence-corrected chi connectivity index (χ2v) is 8.68. The summed E-state index contributed by atoms with van der Waals surface area (Å²) in [7, 11) is 0. The Morgan fingerprint density at radius 2 is 1.54 bits per heavy atom. The van der Waals surface area contributed by atoms with Crippen molar-refractivity contribution in [3.05, 3.63) is 69.3 Å². The molecule has 1 aromatic heterocycles. The van der Waals surface area contributed by atoms with Crippen molar-refractivity contribution in [1.82, 2.24) is 10.3 Å². The fourth-order valence-electron chi connectivity index (χ4n) is 3.88. The Hall–Kier alpha value is -1.52. The van der Waals surface area contributed by atoms with E-state index >= 15 is 0 Å². The Morgan fingerprint density at radius 1 is 0.821 bits per heavy atom. The SMILES string of the molecule is Clc1cc(Cl)cc(CNC2CCC(Nc3ccnc4cc(Cl)ccc34)CC2)c1. The van der Waals surface area contributed by atoms with E-state index in [1.165, 1.54) is 0 Å². The molecule has 3 aromatic rings. The second kappa shape index (κ2) is 8.87. The van der Waals surface area contributed by atoms with Gasteiger partial charge in [0.25, 0.3) is 0 Å². The van der Waals surface area contributed by atoms with Gasteiger partial charge in [-0.25, -0.2) is 0 Å². The topological polar surface area (TPSA) is 37.0 Å². The molecule has 6 heteroatoms. The van der Waals surface area contributed by atoms with Gasteiger partial charge in [0.1, 0.15) is 0 Å². The summed E-state index contributed by atoms with van der Waals surface area (Å²) in [6.07, 6.45) is 6.38. The van der Waals surface area contributed by atoms with Gasteiger partial charge in [-0.2, -0.15) is 0 Å². The first-order valence-corrected chi connectivity index (χ1v) is 10.7. The number of nitrogens with zero attached hydrogens (tertiary/aromatic N) is 1. The average molecular weight is 435 g/mol. The molecule has 0 saturated heterocycles. The minimum Gasteiger partial charge on any atom is -0.382 e. The Labute approximate surface area is 180 Å². The molecule has 0 radical (unpaired) electrons. The Morgan fingerprint density at radius 3 is 2.29 bits per heavy atom. The predicted octanol–water partition coefficient (Wildman–Crippen LogP) is 6.71. The van der Waals surface area contributed by atoms with Gasteiger partial charge in [0.2, 0.25) is 0 Å². The molecule has 0 amide bonds. The molecule has 0 atom stereocenters. The van der Waals surface area contributed by atoms with Gasteiger partial charge in [-0.1, -0.05) is 34.8 Å². The number of halogens is 3. The van der Waals surface area contributed by atoms with Crippen molar-refractivity contribution in [2.45, 2.75) is 44.3 Å². The third-order valence-electron chi connectivity index (χ3n) is 5.31. The summed E-state index contributed by atoms with van der Waals surface area (Å²) in [5.74, 6) is 0. The molecule has 0 aliphatic heterocycles. The third-order valence-corrected chi connectivity index (χ3v) is 5.98. The highest BCUT2D eigenvalue weighted by Crippen LogP contribution is 2.28. The maximum Gasteiger partial charge on any atom is 0.0737 e. The fourth-order valence-corrected chi connectivity index (χ4v) is 4.62. The van der Waals surface area contributed by atoms with Crippen molar-refractivity contribution in [2.75, 3.05) is 5.32 Å². The number of nitrogens with one attached hydrogen (secondary N) is 2. The molecule has 28 heavy (non-hydrogen) atoms. The van der Waals surface area contributed by atoms with Crippen molar-refractivity contribution >= 4 is 51.4 Å². The number of aromatic nitrogens is 1. The van der Waals surface area contributed by atoms with E-state index in [0.717, 1.165) is 54.4 Å². The summed E-state index contributed by atoms with van der Waals surface area (Å²) >= 11 is 18.3. The number of hydrogen-bond acceptors (Lipinski definition) is 3. The van der Waals surface area contributed by atoms with Crippen molar-refractivity contribution in [1.29, 1.82) is 0 Å². The van der Waals surface area contributed by atoms with Crippen molar-refractivity contribution in [2.24, 2.45) is 0 Å². The monoisotopic (exact) mass is 433 g/mol. The van der Waals surface area contributed by atoms with Crippen LogP contribution < -0.4 is 10.6 Å². The van der Waals surface area contributed by atoms with Gasteiger partial charge in [-0.3, -0.25) is 4.98 Å². The molecular formula is C22H22Cl3N3. The van der Waals surface area contributed by atoms with Gasteiger partial charge < -0.3 is 10.6 Å². The lowest BCUT2D eigenvalue weighted by molar-refractivity contribution is 0.353. The molecule has 2 aromatic carbocycles. The van der Waals surface area contributed by atoms with Crippen molar-refractivity contribution in [3.8, 4) is 0 Å². The number of anilines is 1. The molecule has 1 fully saturated rings. The van der Waals surface area contributed by atoms with Crippen LogP contribution in [-0.4, -0.2) is 17.1 Å². The van der Waals surface area contributed by atoms with Crippen LogP contribution in [0.2, 0.25) is 15.1 Å². The molecule has 1 heterocycles. The summed E-state index contributed by atoms with van der Waals surface area (Å²) in [5.41, 5.74) is 3.18. The molecule has 0 spiro atoms. The van der Waals surface area contributed by atoms with Crippen LogP contribution in [0.4, 0.5) is 5.69 Å². The first-order valence-electron chi connectivity index (χ1n) is 9.56. The molecule has 0 bridgehead atoms. The Bertz CT molecular complexity index is 948. The first kappa shape index (κ1) is 19.8. The number of pyridine rings is 1. The molecular weight excluding hydrogens is 413 g/mol. The van der Waals surface area contributed by atoms with Gasteiger partial charge in [0.15, 0.2) is 0 Å². The van der Waals surface area contributed by atoms with Crippen LogP contribution in [0.25, 0.3) is 10.9 Å². The average Bonchev–Trinajstić information content (AvgIpc) is 2.67. The van der Waals surface area contributed by atoms with Crippen molar-refractivity contribution in [3.63, 3.8) is 0 Å². The highest BCUT2D eigenvalue weighted by atomic mass is 35.5. The largest absolute Gasteiger partial charge is 0.382 e. The van der Waals surface area contributed by atoms with Crippen molar-refractivity contribution < 1.29 is 0 Å². The molecule has 1 aliphatic carbocycles. The van der Waals surface area contributed by atoms with E-state index in [1.54, 1.807) is 6.07 Å². The molecule has 3 nitrogen and oxygen atoms in total. The van der Waals surface area contributed by atoms with Crippen LogP contribution in [0.1, 0.15) is 31.2 Å². The standard InChI is InChI=1S/C22H22Cl3N3/c23-15-1-6-20-21(7-8-26-22(20)12-15)28-19-4-2-18(3-5-19)27-13-14-9-16(24)11-17(25)10-14/h1,6-12,18-19,27H,2-5,13H2,(H,26,28). The lowest BCUT2D eigenvalue weighted by Gasteiger charge is -2.30. The normalized spacial score (nSPS) is 19.7. The second-order valence-electron chi connectivity index (χ2n) is 7.37. The van der Waals surface area contributed by atoms with Crippen LogP contribution in [0.15, 0.2) is 48.7 Å². The van der Waals surface area contributed by atoms with E-state index in [-0.39, 0.29) is 0 Å². The zero-order valence-electron chi connectivity index (χ0n) is 15.4. The third kappa shape index (κ3) is 4.90. The zero-order valence-corrected chi connectivity index (χ0v) is 17.7. The summed E-state index contributed by atoms with van der Waals surface area (Å²) < 4.78 is 0. The number of rotatable bonds is 5. The molecule has 4 rings (SSSR count). The summed E-state index contributed by atoms with van der Waals surface area (Å²) in [6.45, 7) is 0.790. The zero-order chi connectivity index (χ0) is 19.5. The van der Waals surface area contributed by atoms with Gasteiger partial charge >= 0.3 is 0 Å². The van der Waals surface area contributed by atoms with Gasteiger partial charge in [-0.15, -0.1) is 0 Å². The van der Waals surface area contributed by atoms with E-state index in [4.69, 9.17) is 34.8 Å². The first-order chi connectivity index (χ1) is 13.6. The highest BCUT2D eigenvalue weighted by Gasteiger charge is 2.21. The lowest BCUT2D eigenvalue weighted by atomic mass is 9.90. The molecule has 2 N–H and O–H groups in total. The Kier molecular flexibility index (Phi) is 6.27. The minimum atomic E-state index is 0.472. The van der Waals surface area contributed by atoms with Crippen LogP contribution >= 0.6 is 34.8 Å². The van der Waals surface area contributed by atoms with Crippen LogP contribution in [0.5, 0.6) is 0 Å². The molecule has 1 saturated carbocycles. The molecule has 1 aliphatic rings. The van der Waals surface area contributed by atoms with E-state index in [9.17, 15) is 0 Å². The molecule has 146 valence electrons. The van der Waals surface area contributed by atoms with Crippen LogP contribution in [0, 0.1) is 0 Å². The van der Waals surface area contributed by atoms with Gasteiger partial charge in [0, 0.05) is 51.0 Å². The summed E-state index contributed by atoms with van der Waals surface area (Å²) in [4.78, 5) is 4.42. The van der Waals surface area contributed by atoms with Crippen LogP contribution in [0.3, 0.4) is 0 Å². The predicted molar refractivity (Wildman–Crippen MR) is 120 cm³/mol. The number of hydrogen-bond donors (Lipinski definition) is 2. The highest BCUT2D eigenvalue weighted by molar-refractivity contribution is 6.34. The summed E-state index contributed by atoms with van der Waals surface area (Å²) in [5, 5.41) is 10.5. The quantitative estimate of drug-likeness (QED) is 0.468. The van der Waals surface area contributed by atoms with E-state index in [0.29, 0.717) is 27.2 Å². The number of fused-ring (bicyclic) bond motifs is 1. The van der Waals surface area contributed by atoms with Gasteiger partial charge in [0.05, 0.1) is 5.52 Å². The maximum absolute atomic E-state index is 6.09. The molecule has 0 unspecified atom stereocenters. The lowest BCUT2D eigenvalue weighted by Crippen LogP contribution is -2.36. The van der Waals surface area contributed by atoms with Crippen LogP contribution in [-0.2, 0) is 6.54 Å². The smallest absolute Gasteiger partial charge is 0.0737 e. The summed E-state index contributed by atoms with van der Waals surface area (Å²) in [6, 6.07) is 14.6. The fraction of sp³-hybridized carbons (Fsp3) is 0.318. The minimum absolute atomic E-state index is 0.472. The van der Waals surface area contributed by atoms with Gasteiger partial charge in [-0.05, 0) is 73.7 Å². The van der Waals surface area contributed by atoms with E-state index < -0.39 is 0 Å². The number of benzene rings is 2. The maximum atomic E-state index is 6.09.